The van der Waals surface area contributed by atoms with Crippen molar-refractivity contribution < 1.29 is 43.2 Å². The van der Waals surface area contributed by atoms with E-state index < -0.39 is 29.3 Å². The lowest BCUT2D eigenvalue weighted by molar-refractivity contribution is -0.384. The Morgan fingerprint density at radius 2 is 1.73 bits per heavy atom. The second-order valence-electron chi connectivity index (χ2n) is 13.1. The average Bonchev–Trinajstić information content (AvgIpc) is 3.83. The van der Waals surface area contributed by atoms with E-state index in [0.29, 0.717) is 49.3 Å². The fourth-order valence-corrected chi connectivity index (χ4v) is 6.42. The number of non-ortho nitro benzene ring substituents is 1. The van der Waals surface area contributed by atoms with Crippen LogP contribution in [0.4, 0.5) is 10.5 Å². The van der Waals surface area contributed by atoms with Crippen molar-refractivity contribution in [2.24, 2.45) is 11.8 Å². The summed E-state index contributed by atoms with van der Waals surface area (Å²) < 4.78 is 33.9. The van der Waals surface area contributed by atoms with E-state index in [1.807, 2.05) is 42.5 Å². The second kappa shape index (κ2) is 15.9. The molecule has 49 heavy (non-hydrogen) atoms. The van der Waals surface area contributed by atoms with Gasteiger partial charge >= 0.3 is 6.09 Å². The van der Waals surface area contributed by atoms with E-state index in [9.17, 15) is 20.0 Å². The van der Waals surface area contributed by atoms with Crippen LogP contribution in [-0.4, -0.2) is 78.7 Å². The zero-order chi connectivity index (χ0) is 34.3. The van der Waals surface area contributed by atoms with Gasteiger partial charge in [0, 0.05) is 31.8 Å². The summed E-state index contributed by atoms with van der Waals surface area (Å²) in [4.78, 5) is 25.9. The molecule has 1 amide bonds. The zero-order valence-electron chi connectivity index (χ0n) is 27.7. The van der Waals surface area contributed by atoms with Gasteiger partial charge in [-0.2, -0.15) is 0 Å². The van der Waals surface area contributed by atoms with Crippen molar-refractivity contribution in [3.05, 3.63) is 93.5 Å². The molecule has 2 saturated heterocycles. The molecule has 3 aliphatic rings. The highest BCUT2D eigenvalue weighted by molar-refractivity contribution is 5.68. The summed E-state index contributed by atoms with van der Waals surface area (Å²) in [5, 5.41) is 25.6. The average molecular weight is 678 g/mol. The Bertz CT molecular complexity index is 1570. The first-order chi connectivity index (χ1) is 23.7. The molecule has 3 heterocycles. The van der Waals surface area contributed by atoms with E-state index in [2.05, 4.69) is 24.1 Å². The Labute approximate surface area is 285 Å². The van der Waals surface area contributed by atoms with Crippen molar-refractivity contribution in [3.8, 4) is 17.2 Å². The topological polar surface area (TPSA) is 151 Å². The van der Waals surface area contributed by atoms with E-state index >= 15 is 0 Å². The van der Waals surface area contributed by atoms with Crippen LogP contribution in [0.3, 0.4) is 0 Å². The first-order valence-corrected chi connectivity index (χ1v) is 16.6. The van der Waals surface area contributed by atoms with Crippen LogP contribution in [0.1, 0.15) is 37.0 Å². The second-order valence-corrected chi connectivity index (χ2v) is 13.1. The van der Waals surface area contributed by atoms with Crippen molar-refractivity contribution >= 4 is 11.8 Å². The first kappa shape index (κ1) is 34.4. The maximum Gasteiger partial charge on any atom is 0.407 e. The molecule has 5 atom stereocenters. The number of nitrogens with one attached hydrogen (secondary N) is 1. The van der Waals surface area contributed by atoms with Crippen molar-refractivity contribution in [3.63, 3.8) is 0 Å². The number of ether oxygens (including phenoxy) is 6. The smallest absolute Gasteiger partial charge is 0.407 e. The fraction of sp³-hybridized carbons (Fsp3) is 0.472. The van der Waals surface area contributed by atoms with Gasteiger partial charge in [0.05, 0.1) is 36.2 Å². The highest BCUT2D eigenvalue weighted by Gasteiger charge is 2.44. The molecule has 2 fully saturated rings. The summed E-state index contributed by atoms with van der Waals surface area (Å²) in [6.45, 7) is 7.15. The molecule has 6 rings (SSSR count). The van der Waals surface area contributed by atoms with Crippen LogP contribution in [0.5, 0.6) is 17.2 Å². The fourth-order valence-electron chi connectivity index (χ4n) is 6.42. The van der Waals surface area contributed by atoms with Crippen molar-refractivity contribution in [1.82, 2.24) is 10.2 Å². The van der Waals surface area contributed by atoms with Gasteiger partial charge in [0.1, 0.15) is 18.5 Å². The molecule has 0 bridgehead atoms. The third kappa shape index (κ3) is 9.18. The predicted molar refractivity (Wildman–Crippen MR) is 177 cm³/mol. The van der Waals surface area contributed by atoms with E-state index in [4.69, 9.17) is 28.4 Å². The first-order valence-electron chi connectivity index (χ1n) is 16.6. The Hall–Kier alpha value is -4.43. The van der Waals surface area contributed by atoms with Crippen molar-refractivity contribution in [2.45, 2.75) is 64.4 Å². The van der Waals surface area contributed by atoms with Gasteiger partial charge in [0.15, 0.2) is 17.8 Å². The number of alkyl carbamates (subject to hydrolysis) is 1. The largest absolute Gasteiger partial charge is 0.489 e. The molecule has 3 aromatic rings. The predicted octanol–water partition coefficient (Wildman–Crippen LogP) is 4.82. The lowest BCUT2D eigenvalue weighted by Crippen LogP contribution is -2.50. The van der Waals surface area contributed by atoms with Crippen LogP contribution in [0.2, 0.25) is 0 Å². The maximum atomic E-state index is 13.3. The Kier molecular flexibility index (Phi) is 11.1. The molecule has 0 radical (unpaired) electrons. The highest BCUT2D eigenvalue weighted by Crippen LogP contribution is 2.34. The minimum atomic E-state index is -0.930. The number of hydrogen-bond acceptors (Lipinski definition) is 11. The van der Waals surface area contributed by atoms with Crippen LogP contribution < -0.4 is 19.5 Å². The van der Waals surface area contributed by atoms with Crippen LogP contribution in [0.25, 0.3) is 0 Å². The number of amides is 1. The monoisotopic (exact) mass is 677 g/mol. The molecule has 5 unspecified atom stereocenters. The lowest BCUT2D eigenvalue weighted by atomic mass is 10.00. The summed E-state index contributed by atoms with van der Waals surface area (Å²) >= 11 is 0. The number of benzene rings is 3. The molecule has 13 heteroatoms. The zero-order valence-corrected chi connectivity index (χ0v) is 27.7. The van der Waals surface area contributed by atoms with Crippen molar-refractivity contribution in [2.75, 3.05) is 33.1 Å². The summed E-state index contributed by atoms with van der Waals surface area (Å²) in [6.07, 6.45) is -1.20. The molecule has 0 aliphatic carbocycles. The number of hydrogen-bond donors (Lipinski definition) is 2. The normalized spacial score (nSPS) is 20.6. The van der Waals surface area contributed by atoms with E-state index in [0.717, 1.165) is 29.7 Å². The number of aliphatic hydroxyl groups excluding tert-OH is 1. The molecule has 2 N–H and O–H groups in total. The van der Waals surface area contributed by atoms with Crippen molar-refractivity contribution in [1.29, 1.82) is 0 Å². The number of nitro benzene ring substituents is 1. The summed E-state index contributed by atoms with van der Waals surface area (Å²) in [6, 6.07) is 18.8. The number of fused-ring (bicyclic) bond motifs is 2. The molecule has 0 aromatic heterocycles. The minimum absolute atomic E-state index is 0.00379. The van der Waals surface area contributed by atoms with Gasteiger partial charge < -0.3 is 38.8 Å². The third-order valence-corrected chi connectivity index (χ3v) is 8.85. The lowest BCUT2D eigenvalue weighted by Gasteiger charge is -2.31. The van der Waals surface area contributed by atoms with Gasteiger partial charge in [0.25, 0.3) is 5.69 Å². The van der Waals surface area contributed by atoms with Gasteiger partial charge in [-0.05, 0) is 71.8 Å². The Balaban J connectivity index is 1.12. The van der Waals surface area contributed by atoms with Gasteiger partial charge in [-0.15, -0.1) is 0 Å². The summed E-state index contributed by atoms with van der Waals surface area (Å²) in [5.41, 5.74) is 2.73. The SMILES string of the molecule is CC(C)CN(Cc1ccc2c(c1)OCO2)CC(O)C(Cc1ccc(OCc2ccc([N+](=O)[O-])cc2)cc1)NC(=O)OC1COC2OCCC12. The molecular formula is C36H43N3O10. The van der Waals surface area contributed by atoms with E-state index in [1.165, 1.54) is 12.1 Å². The summed E-state index contributed by atoms with van der Waals surface area (Å²) in [7, 11) is 0. The highest BCUT2D eigenvalue weighted by atomic mass is 16.7. The van der Waals surface area contributed by atoms with Gasteiger partial charge in [-0.3, -0.25) is 15.0 Å². The van der Waals surface area contributed by atoms with E-state index in [1.54, 1.807) is 12.1 Å². The number of carbonyl (C=O) groups is 1. The van der Waals surface area contributed by atoms with Gasteiger partial charge in [0.2, 0.25) is 6.79 Å². The van der Waals surface area contributed by atoms with Crippen LogP contribution in [-0.2, 0) is 33.8 Å². The van der Waals surface area contributed by atoms with Crippen LogP contribution in [0.15, 0.2) is 66.7 Å². The maximum absolute atomic E-state index is 13.3. The number of rotatable bonds is 15. The molecule has 0 spiro atoms. The van der Waals surface area contributed by atoms with E-state index in [-0.39, 0.29) is 37.9 Å². The number of carbonyl (C=O) groups excluding carboxylic acids is 1. The van der Waals surface area contributed by atoms with Gasteiger partial charge in [-0.25, -0.2) is 4.79 Å². The molecular weight excluding hydrogens is 634 g/mol. The van der Waals surface area contributed by atoms with Crippen LogP contribution >= 0.6 is 0 Å². The molecule has 262 valence electrons. The molecule has 0 saturated carbocycles. The number of aliphatic hydroxyl groups is 1. The summed E-state index contributed by atoms with van der Waals surface area (Å²) in [5.74, 6) is 2.37. The minimum Gasteiger partial charge on any atom is -0.489 e. The number of nitrogens with zero attached hydrogens (tertiary/aromatic N) is 2. The number of nitro groups is 1. The molecule has 13 nitrogen and oxygen atoms in total. The Morgan fingerprint density at radius 1 is 1.00 bits per heavy atom. The Morgan fingerprint density at radius 3 is 2.49 bits per heavy atom. The quantitative estimate of drug-likeness (QED) is 0.168. The van der Waals surface area contributed by atoms with Crippen LogP contribution in [0, 0.1) is 22.0 Å². The standard InChI is InChI=1S/C36H43N3O10/c1-23(2)17-38(18-26-7-12-32-33(16-26)48-22-47-32)19-31(40)30(37-36(41)49-34-21-46-35-29(34)13-14-44-35)15-24-5-10-28(11-6-24)45-20-25-3-8-27(9-4-25)39(42)43/h3-12,16,23,29-31,34-35,40H,13-15,17-22H2,1-2H3,(H,37,41). The molecule has 3 aliphatic heterocycles. The third-order valence-electron chi connectivity index (χ3n) is 8.85. The van der Waals surface area contributed by atoms with Gasteiger partial charge in [-0.1, -0.05) is 32.0 Å². The molecule has 3 aromatic carbocycles.